The number of nitrogens with one attached hydrogen (secondary N) is 1. The quantitative estimate of drug-likeness (QED) is 0.508. The first kappa shape index (κ1) is 26.3. The third-order valence-electron chi connectivity index (χ3n) is 6.36. The number of hydrogen-bond acceptors (Lipinski definition) is 8. The zero-order valence-electron chi connectivity index (χ0n) is 21.0. The third-order valence-corrected chi connectivity index (χ3v) is 6.68. The van der Waals surface area contributed by atoms with Crippen LogP contribution in [-0.4, -0.2) is 75.4 Å². The van der Waals surface area contributed by atoms with Crippen molar-refractivity contribution in [1.29, 1.82) is 0 Å². The van der Waals surface area contributed by atoms with Crippen LogP contribution in [0.15, 0.2) is 58.5 Å². The van der Waals surface area contributed by atoms with Gasteiger partial charge in [-0.1, -0.05) is 23.7 Å². The molecule has 1 saturated heterocycles. The van der Waals surface area contributed by atoms with Crippen molar-refractivity contribution in [2.45, 2.75) is 6.92 Å². The Hall–Kier alpha value is -3.31. The highest BCUT2D eigenvalue weighted by atomic mass is 35.5. The van der Waals surface area contributed by atoms with E-state index in [1.54, 1.807) is 12.1 Å². The number of aliphatic imine (C=N–C) groups is 2. The van der Waals surface area contributed by atoms with Crippen molar-refractivity contribution in [3.63, 3.8) is 0 Å². The van der Waals surface area contributed by atoms with Gasteiger partial charge in [0.1, 0.15) is 5.82 Å². The minimum absolute atomic E-state index is 0.0323. The van der Waals surface area contributed by atoms with Gasteiger partial charge in [-0.15, -0.1) is 0 Å². The average molecular weight is 542 g/mol. The van der Waals surface area contributed by atoms with Crippen molar-refractivity contribution < 1.29 is 23.5 Å². The first-order valence-electron chi connectivity index (χ1n) is 12.6. The van der Waals surface area contributed by atoms with Crippen LogP contribution in [0.5, 0.6) is 0 Å². The molecule has 200 valence electrons. The molecule has 3 aliphatic heterocycles. The fourth-order valence-electron chi connectivity index (χ4n) is 4.48. The van der Waals surface area contributed by atoms with Gasteiger partial charge < -0.3 is 19.7 Å². The fourth-order valence-corrected chi connectivity index (χ4v) is 4.74. The van der Waals surface area contributed by atoms with E-state index in [2.05, 4.69) is 20.2 Å². The van der Waals surface area contributed by atoms with Gasteiger partial charge in [-0.3, -0.25) is 9.63 Å². The number of carbonyl (C=O) groups excluding carboxylic acids is 1. The van der Waals surface area contributed by atoms with Crippen LogP contribution in [0.1, 0.15) is 12.5 Å². The van der Waals surface area contributed by atoms with Crippen LogP contribution in [-0.2, 0) is 19.1 Å². The van der Waals surface area contributed by atoms with Crippen molar-refractivity contribution in [1.82, 2.24) is 5.06 Å². The predicted molar refractivity (Wildman–Crippen MR) is 145 cm³/mol. The number of fused-ring (bicyclic) bond motifs is 1. The van der Waals surface area contributed by atoms with Crippen molar-refractivity contribution in [3.05, 3.63) is 64.9 Å². The van der Waals surface area contributed by atoms with Gasteiger partial charge in [0.15, 0.2) is 5.84 Å². The number of nitrogens with zero attached hydrogens (tertiary/aromatic N) is 4. The molecule has 0 aromatic heterocycles. The molecule has 0 aliphatic carbocycles. The Balaban J connectivity index is 1.38. The Kier molecular flexibility index (Phi) is 8.33. The van der Waals surface area contributed by atoms with Crippen LogP contribution >= 0.6 is 11.6 Å². The highest BCUT2D eigenvalue weighted by Crippen LogP contribution is 2.34. The van der Waals surface area contributed by atoms with E-state index in [1.807, 2.05) is 31.2 Å². The monoisotopic (exact) mass is 541 g/mol. The molecule has 0 spiro atoms. The second kappa shape index (κ2) is 12.0. The summed E-state index contributed by atoms with van der Waals surface area (Å²) in [4.78, 5) is 30.8. The van der Waals surface area contributed by atoms with E-state index in [0.717, 1.165) is 42.7 Å². The Morgan fingerprint density at radius 1 is 1.16 bits per heavy atom. The van der Waals surface area contributed by atoms with Gasteiger partial charge in [0.05, 0.1) is 49.5 Å². The molecule has 0 radical (unpaired) electrons. The Morgan fingerprint density at radius 3 is 2.68 bits per heavy atom. The molecule has 2 aromatic carbocycles. The smallest absolute Gasteiger partial charge is 0.283 e. The topological polar surface area (TPSA) is 88.0 Å². The SMILES string of the molecule is CCOCCON1C(=O)C(c2c(F)cccc2Cl)=CC2CN=C(Nc3ccc(N4CCOCC4)cc3)N=C21. The average Bonchev–Trinajstić information content (AvgIpc) is 2.93. The molecule has 1 fully saturated rings. The predicted octanol–water partition coefficient (Wildman–Crippen LogP) is 4.01. The van der Waals surface area contributed by atoms with E-state index < -0.39 is 17.6 Å². The molecule has 5 rings (SSSR count). The van der Waals surface area contributed by atoms with E-state index in [1.165, 1.54) is 12.1 Å². The molecule has 1 atom stereocenters. The lowest BCUT2D eigenvalue weighted by Gasteiger charge is -2.33. The van der Waals surface area contributed by atoms with Crippen molar-refractivity contribution in [2.24, 2.45) is 15.9 Å². The lowest BCUT2D eigenvalue weighted by molar-refractivity contribution is -0.161. The van der Waals surface area contributed by atoms with Gasteiger partial charge in [0.2, 0.25) is 5.96 Å². The highest BCUT2D eigenvalue weighted by Gasteiger charge is 2.38. The fraction of sp³-hybridized carbons (Fsp3) is 0.370. The maximum atomic E-state index is 14.7. The number of amides is 1. The molecule has 3 aliphatic rings. The van der Waals surface area contributed by atoms with E-state index >= 15 is 0 Å². The number of benzene rings is 2. The molecule has 9 nitrogen and oxygen atoms in total. The second-order valence-electron chi connectivity index (χ2n) is 8.82. The van der Waals surface area contributed by atoms with Gasteiger partial charge in [0.25, 0.3) is 5.91 Å². The van der Waals surface area contributed by atoms with Crippen LogP contribution in [0, 0.1) is 11.7 Å². The van der Waals surface area contributed by atoms with Gasteiger partial charge in [-0.2, -0.15) is 10.1 Å². The maximum absolute atomic E-state index is 14.7. The number of rotatable bonds is 8. The standard InChI is InChI=1S/C27H29ClFN5O4/c1-2-36-14-15-38-34-25-18(16-21(26(34)35)24-22(28)4-3-5-23(24)29)17-30-27(32-25)31-19-6-8-20(9-7-19)33-10-12-37-13-11-33/h3-9,16,18H,2,10-15,17H2,1H3,(H,30,31). The molecule has 38 heavy (non-hydrogen) atoms. The van der Waals surface area contributed by atoms with Crippen LogP contribution in [0.3, 0.4) is 0 Å². The van der Waals surface area contributed by atoms with Crippen molar-refractivity contribution in [2.75, 3.05) is 62.9 Å². The molecule has 1 N–H and O–H groups in total. The summed E-state index contributed by atoms with van der Waals surface area (Å²) in [5.74, 6) is -0.833. The number of hydrogen-bond donors (Lipinski definition) is 1. The number of ether oxygens (including phenoxy) is 2. The first-order valence-corrected chi connectivity index (χ1v) is 13.0. The molecule has 1 amide bonds. The summed E-state index contributed by atoms with van der Waals surface area (Å²) in [6.45, 7) is 6.23. The van der Waals surface area contributed by atoms with Gasteiger partial charge >= 0.3 is 0 Å². The minimum atomic E-state index is -0.589. The summed E-state index contributed by atoms with van der Waals surface area (Å²) in [7, 11) is 0. The van der Waals surface area contributed by atoms with Crippen LogP contribution in [0.4, 0.5) is 15.8 Å². The summed E-state index contributed by atoms with van der Waals surface area (Å²) >= 11 is 6.28. The Bertz CT molecular complexity index is 1240. The maximum Gasteiger partial charge on any atom is 0.283 e. The van der Waals surface area contributed by atoms with Gasteiger partial charge in [-0.25, -0.2) is 9.38 Å². The van der Waals surface area contributed by atoms with E-state index in [0.29, 0.717) is 24.9 Å². The molecule has 1 unspecified atom stereocenters. The second-order valence-corrected chi connectivity index (χ2v) is 9.23. The minimum Gasteiger partial charge on any atom is -0.379 e. The molecule has 3 heterocycles. The number of morpholine rings is 1. The number of halogens is 2. The van der Waals surface area contributed by atoms with Crippen molar-refractivity contribution in [3.8, 4) is 0 Å². The molecular weight excluding hydrogens is 513 g/mol. The number of anilines is 2. The summed E-state index contributed by atoms with van der Waals surface area (Å²) in [6, 6.07) is 12.3. The third kappa shape index (κ3) is 5.73. The zero-order valence-corrected chi connectivity index (χ0v) is 21.8. The van der Waals surface area contributed by atoms with Crippen LogP contribution in [0.25, 0.3) is 5.57 Å². The molecular formula is C27H29ClFN5O4. The molecule has 0 saturated carbocycles. The van der Waals surface area contributed by atoms with Gasteiger partial charge in [-0.05, 0) is 43.3 Å². The summed E-state index contributed by atoms with van der Waals surface area (Å²) in [5, 5.41) is 4.47. The Morgan fingerprint density at radius 2 is 1.95 bits per heavy atom. The lowest BCUT2D eigenvalue weighted by Crippen LogP contribution is -2.47. The summed E-state index contributed by atoms with van der Waals surface area (Å²) in [5.41, 5.74) is 2.07. The normalized spacial score (nSPS) is 19.5. The molecule has 11 heteroatoms. The summed E-state index contributed by atoms with van der Waals surface area (Å²) < 4.78 is 25.5. The summed E-state index contributed by atoms with van der Waals surface area (Å²) in [6.07, 6.45) is 1.66. The first-order chi connectivity index (χ1) is 18.5. The highest BCUT2D eigenvalue weighted by molar-refractivity contribution is 6.36. The number of amidine groups is 1. The number of guanidine groups is 1. The lowest BCUT2D eigenvalue weighted by atomic mass is 9.93. The van der Waals surface area contributed by atoms with Crippen LogP contribution < -0.4 is 10.2 Å². The van der Waals surface area contributed by atoms with Crippen LogP contribution in [0.2, 0.25) is 5.02 Å². The number of hydroxylamine groups is 2. The Labute approximate surface area is 225 Å². The largest absolute Gasteiger partial charge is 0.379 e. The zero-order chi connectivity index (χ0) is 26.5. The van der Waals surface area contributed by atoms with E-state index in [-0.39, 0.29) is 29.4 Å². The van der Waals surface area contributed by atoms with Gasteiger partial charge in [0, 0.05) is 36.6 Å². The molecule has 2 aromatic rings. The van der Waals surface area contributed by atoms with E-state index in [4.69, 9.17) is 25.9 Å². The van der Waals surface area contributed by atoms with E-state index in [9.17, 15) is 9.18 Å². The van der Waals surface area contributed by atoms with Crippen molar-refractivity contribution >= 4 is 46.3 Å². The molecule has 0 bridgehead atoms. The number of carbonyl (C=O) groups is 1.